The zero-order valence-electron chi connectivity index (χ0n) is 16.7. The van der Waals surface area contributed by atoms with Crippen LogP contribution < -0.4 is 10.9 Å². The highest BCUT2D eigenvalue weighted by Crippen LogP contribution is 2.48. The van der Waals surface area contributed by atoms with Crippen molar-refractivity contribution < 1.29 is 9.34 Å². The molecule has 2 heterocycles. The highest BCUT2D eigenvalue weighted by Gasteiger charge is 2.34. The van der Waals surface area contributed by atoms with Crippen LogP contribution in [-0.4, -0.2) is 4.92 Å². The minimum atomic E-state index is -0.520. The number of hydrogen-bond acceptors (Lipinski definition) is 5. The van der Waals surface area contributed by atoms with Gasteiger partial charge in [0.05, 0.1) is 16.2 Å². The second-order valence-electron chi connectivity index (χ2n) is 7.83. The van der Waals surface area contributed by atoms with Crippen molar-refractivity contribution in [2.45, 2.75) is 5.92 Å². The van der Waals surface area contributed by atoms with Crippen LogP contribution in [0.25, 0.3) is 21.7 Å². The van der Waals surface area contributed by atoms with Crippen LogP contribution in [0.3, 0.4) is 0 Å². The molecule has 6 heteroatoms. The number of rotatable bonds is 2. The number of nitro groups is 1. The van der Waals surface area contributed by atoms with Crippen LogP contribution in [0, 0.1) is 10.1 Å². The number of para-hydroxylation sites is 1. The molecule has 6 rings (SSSR count). The molecule has 5 aromatic rings. The molecule has 0 spiro atoms. The first-order valence-electron chi connectivity index (χ1n) is 10.2. The molecule has 6 nitrogen and oxygen atoms in total. The lowest BCUT2D eigenvalue weighted by atomic mass is 9.79. The number of anilines is 2. The van der Waals surface area contributed by atoms with Gasteiger partial charge in [0.1, 0.15) is 5.58 Å². The van der Waals surface area contributed by atoms with E-state index in [0.717, 1.165) is 27.4 Å². The van der Waals surface area contributed by atoms with E-state index in [0.29, 0.717) is 22.4 Å². The number of benzene rings is 4. The van der Waals surface area contributed by atoms with Gasteiger partial charge in [-0.15, -0.1) is 0 Å². The van der Waals surface area contributed by atoms with Gasteiger partial charge in [0.25, 0.3) is 5.69 Å². The number of nitrogens with one attached hydrogen (secondary N) is 1. The summed E-state index contributed by atoms with van der Waals surface area (Å²) in [5, 5.41) is 17.7. The summed E-state index contributed by atoms with van der Waals surface area (Å²) in [7, 11) is 0. The van der Waals surface area contributed by atoms with Gasteiger partial charge in [-0.25, -0.2) is 4.79 Å². The molecule has 4 aromatic carbocycles. The maximum Gasteiger partial charge on any atom is 0.342 e. The molecule has 1 aliphatic heterocycles. The topological polar surface area (TPSA) is 85.4 Å². The van der Waals surface area contributed by atoms with E-state index in [1.54, 1.807) is 18.2 Å². The summed E-state index contributed by atoms with van der Waals surface area (Å²) in [6.07, 6.45) is 0. The minimum Gasteiger partial charge on any atom is -0.422 e. The summed E-state index contributed by atoms with van der Waals surface area (Å²) in [6.45, 7) is 0. The molecule has 0 saturated heterocycles. The number of non-ortho nitro benzene ring substituents is 1. The molecule has 1 unspecified atom stereocenters. The molecule has 154 valence electrons. The number of fused-ring (bicyclic) bond motifs is 6. The lowest BCUT2D eigenvalue weighted by molar-refractivity contribution is -0.384. The van der Waals surface area contributed by atoms with Gasteiger partial charge in [0.15, 0.2) is 0 Å². The Bertz CT molecular complexity index is 1620. The molecule has 0 aliphatic carbocycles. The zero-order valence-corrected chi connectivity index (χ0v) is 16.7. The van der Waals surface area contributed by atoms with Crippen LogP contribution in [0.15, 0.2) is 94.1 Å². The lowest BCUT2D eigenvalue weighted by Crippen LogP contribution is -2.22. The van der Waals surface area contributed by atoms with E-state index in [1.807, 2.05) is 60.7 Å². The van der Waals surface area contributed by atoms with Crippen LogP contribution in [-0.2, 0) is 0 Å². The maximum atomic E-state index is 13.3. The molecule has 0 bridgehead atoms. The van der Waals surface area contributed by atoms with E-state index in [-0.39, 0.29) is 5.69 Å². The molecular weight excluding hydrogens is 404 g/mol. The fourth-order valence-electron chi connectivity index (χ4n) is 4.71. The number of nitrogens with zero attached hydrogens (tertiary/aromatic N) is 1. The molecule has 1 atom stereocenters. The average molecular weight is 420 g/mol. The molecular formula is C26H16N2O4. The average Bonchev–Trinajstić information content (AvgIpc) is 2.83. The molecule has 0 amide bonds. The third-order valence-corrected chi connectivity index (χ3v) is 6.07. The Labute approximate surface area is 181 Å². The van der Waals surface area contributed by atoms with Crippen molar-refractivity contribution in [2.75, 3.05) is 5.32 Å². The van der Waals surface area contributed by atoms with Gasteiger partial charge in [0.2, 0.25) is 0 Å². The fraction of sp³-hybridized carbons (Fsp3) is 0.0385. The smallest absolute Gasteiger partial charge is 0.342 e. The van der Waals surface area contributed by atoms with E-state index in [2.05, 4.69) is 5.32 Å². The van der Waals surface area contributed by atoms with E-state index >= 15 is 0 Å². The van der Waals surface area contributed by atoms with Crippen molar-refractivity contribution >= 4 is 38.8 Å². The quantitative estimate of drug-likeness (QED) is 0.208. The van der Waals surface area contributed by atoms with E-state index < -0.39 is 16.5 Å². The minimum absolute atomic E-state index is 0.0189. The van der Waals surface area contributed by atoms with Gasteiger partial charge in [-0.1, -0.05) is 54.6 Å². The number of hydrogen-bond donors (Lipinski definition) is 1. The van der Waals surface area contributed by atoms with Crippen molar-refractivity contribution in [2.24, 2.45) is 0 Å². The first kappa shape index (κ1) is 18.3. The molecule has 0 fully saturated rings. The van der Waals surface area contributed by atoms with Crippen LogP contribution >= 0.6 is 0 Å². The van der Waals surface area contributed by atoms with Gasteiger partial charge in [-0.05, 0) is 40.1 Å². The summed E-state index contributed by atoms with van der Waals surface area (Å²) >= 11 is 0. The molecule has 0 radical (unpaired) electrons. The predicted molar refractivity (Wildman–Crippen MR) is 124 cm³/mol. The molecule has 0 saturated carbocycles. The van der Waals surface area contributed by atoms with Crippen LogP contribution in [0.2, 0.25) is 0 Å². The van der Waals surface area contributed by atoms with Gasteiger partial charge >= 0.3 is 5.63 Å². The highest BCUT2D eigenvalue weighted by atomic mass is 16.6. The van der Waals surface area contributed by atoms with Gasteiger partial charge < -0.3 is 9.73 Å². The van der Waals surface area contributed by atoms with E-state index in [1.165, 1.54) is 6.07 Å². The Morgan fingerprint density at radius 1 is 0.844 bits per heavy atom. The summed E-state index contributed by atoms with van der Waals surface area (Å²) in [4.78, 5) is 24.4. The zero-order chi connectivity index (χ0) is 21.8. The van der Waals surface area contributed by atoms with Crippen molar-refractivity contribution in [1.82, 2.24) is 0 Å². The Morgan fingerprint density at radius 3 is 2.47 bits per heavy atom. The Morgan fingerprint density at radius 2 is 1.62 bits per heavy atom. The van der Waals surface area contributed by atoms with Crippen LogP contribution in [0.4, 0.5) is 17.1 Å². The molecule has 1 aromatic heterocycles. The largest absolute Gasteiger partial charge is 0.422 e. The molecule has 1 N–H and O–H groups in total. The summed E-state index contributed by atoms with van der Waals surface area (Å²) in [5.74, 6) is -0.520. The number of nitro benzene ring substituents is 1. The highest BCUT2D eigenvalue weighted by molar-refractivity contribution is 6.00. The SMILES string of the molecule is O=c1oc2ccccc2c2c1C(c1cccc([N+](=O)[O-])c1)c1c(ccc3ccccc13)N2. The normalized spacial score (nSPS) is 14.6. The first-order valence-corrected chi connectivity index (χ1v) is 10.2. The Balaban J connectivity index is 1.75. The molecule has 32 heavy (non-hydrogen) atoms. The fourth-order valence-corrected chi connectivity index (χ4v) is 4.71. The van der Waals surface area contributed by atoms with E-state index in [9.17, 15) is 14.9 Å². The van der Waals surface area contributed by atoms with Gasteiger partial charge in [-0.3, -0.25) is 10.1 Å². The van der Waals surface area contributed by atoms with Gasteiger partial charge in [0, 0.05) is 29.1 Å². The summed E-state index contributed by atoms with van der Waals surface area (Å²) in [5.41, 5.74) is 3.58. The Kier molecular flexibility index (Phi) is 3.89. The monoisotopic (exact) mass is 420 g/mol. The predicted octanol–water partition coefficient (Wildman–Crippen LogP) is 6.09. The molecule has 1 aliphatic rings. The summed E-state index contributed by atoms with van der Waals surface area (Å²) < 4.78 is 5.69. The maximum absolute atomic E-state index is 13.3. The van der Waals surface area contributed by atoms with Crippen molar-refractivity contribution in [1.29, 1.82) is 0 Å². The van der Waals surface area contributed by atoms with Crippen molar-refractivity contribution in [3.63, 3.8) is 0 Å². The first-order chi connectivity index (χ1) is 15.6. The van der Waals surface area contributed by atoms with Gasteiger partial charge in [-0.2, -0.15) is 0 Å². The van der Waals surface area contributed by atoms with Crippen molar-refractivity contribution in [3.8, 4) is 0 Å². The lowest BCUT2D eigenvalue weighted by Gasteiger charge is -2.30. The van der Waals surface area contributed by atoms with Crippen LogP contribution in [0.1, 0.15) is 22.6 Å². The Hall–Kier alpha value is -4.45. The van der Waals surface area contributed by atoms with Crippen LogP contribution in [0.5, 0.6) is 0 Å². The second kappa shape index (κ2) is 6.78. The van der Waals surface area contributed by atoms with E-state index in [4.69, 9.17) is 4.42 Å². The third-order valence-electron chi connectivity index (χ3n) is 6.07. The standard InChI is InChI=1S/C26H16N2O4/c29-26-24-22(16-7-5-8-17(14-16)28(30)31)23-18-9-2-1-6-15(18)12-13-20(23)27-25(24)19-10-3-4-11-21(19)32-26/h1-14,22,27H. The third kappa shape index (κ3) is 2.63. The summed E-state index contributed by atoms with van der Waals surface area (Å²) in [6, 6.07) is 25.8. The second-order valence-corrected chi connectivity index (χ2v) is 7.83. The van der Waals surface area contributed by atoms with Crippen molar-refractivity contribution in [3.05, 3.63) is 122 Å².